The monoisotopic (exact) mass is 498 g/mol. The highest BCUT2D eigenvalue weighted by Crippen LogP contribution is 2.44. The van der Waals surface area contributed by atoms with Gasteiger partial charge in [0.2, 0.25) is 0 Å². The fourth-order valence-corrected chi connectivity index (χ4v) is 5.29. The Hall–Kier alpha value is -4.17. The maximum atomic E-state index is 11.3. The standard InChI is InChI=1S/C28H26N4O3S/c1-17-15-23(18(2)31(17)20-12-10-19(11-13-20)27(33)34)26-25(24-9-4-5-14-29-24)30-28(36)32(26)21-7-6-8-22(16-21)35-3/h4-16,25-26H,1-3H3,(H,30,36)(H,33,34)/t25-,26-/m1/s1. The van der Waals surface area contributed by atoms with E-state index in [0.717, 1.165) is 39.8 Å². The van der Waals surface area contributed by atoms with Gasteiger partial charge in [-0.05, 0) is 86.2 Å². The Kier molecular flexibility index (Phi) is 6.20. The number of rotatable bonds is 6. The molecule has 4 aromatic rings. The molecule has 7 nitrogen and oxygen atoms in total. The molecule has 1 fully saturated rings. The van der Waals surface area contributed by atoms with Gasteiger partial charge in [0.05, 0.1) is 30.5 Å². The van der Waals surface area contributed by atoms with Crippen LogP contribution in [0.2, 0.25) is 0 Å². The molecule has 1 saturated heterocycles. The zero-order valence-electron chi connectivity index (χ0n) is 20.2. The van der Waals surface area contributed by atoms with E-state index >= 15 is 0 Å². The summed E-state index contributed by atoms with van der Waals surface area (Å²) in [5.74, 6) is -0.194. The Bertz CT molecular complexity index is 1430. The second-order valence-electron chi connectivity index (χ2n) is 8.71. The lowest BCUT2D eigenvalue weighted by molar-refractivity contribution is 0.0697. The fraction of sp³-hybridized carbons (Fsp3) is 0.179. The number of hydrogen-bond acceptors (Lipinski definition) is 4. The molecule has 1 aliphatic heterocycles. The third kappa shape index (κ3) is 4.09. The highest BCUT2D eigenvalue weighted by Gasteiger charge is 2.42. The van der Waals surface area contributed by atoms with Crippen LogP contribution < -0.4 is 15.0 Å². The number of aromatic nitrogens is 2. The molecular weight excluding hydrogens is 472 g/mol. The second kappa shape index (κ2) is 9.47. The van der Waals surface area contributed by atoms with Crippen LogP contribution in [-0.2, 0) is 0 Å². The molecule has 2 N–H and O–H groups in total. The summed E-state index contributed by atoms with van der Waals surface area (Å²) in [5, 5.41) is 13.4. The normalized spacial score (nSPS) is 17.2. The van der Waals surface area contributed by atoms with Crippen LogP contribution in [0.5, 0.6) is 5.75 Å². The summed E-state index contributed by atoms with van der Waals surface area (Å²) >= 11 is 5.86. The van der Waals surface area contributed by atoms with Gasteiger partial charge < -0.3 is 24.6 Å². The summed E-state index contributed by atoms with van der Waals surface area (Å²) in [6.07, 6.45) is 1.79. The summed E-state index contributed by atoms with van der Waals surface area (Å²) in [5.41, 5.74) is 6.15. The number of carboxylic acids is 1. The molecule has 1 aliphatic rings. The van der Waals surface area contributed by atoms with Gasteiger partial charge in [0, 0.05) is 35.0 Å². The van der Waals surface area contributed by atoms with E-state index < -0.39 is 5.97 Å². The maximum Gasteiger partial charge on any atom is 0.335 e. The number of ether oxygens (including phenoxy) is 1. The van der Waals surface area contributed by atoms with Crippen LogP contribution in [0.3, 0.4) is 0 Å². The molecule has 182 valence electrons. The van der Waals surface area contributed by atoms with Gasteiger partial charge in [-0.2, -0.15) is 0 Å². The number of aryl methyl sites for hydroxylation is 1. The molecule has 2 atom stereocenters. The Morgan fingerprint density at radius 3 is 2.47 bits per heavy atom. The van der Waals surface area contributed by atoms with Gasteiger partial charge in [-0.25, -0.2) is 4.79 Å². The van der Waals surface area contributed by atoms with Gasteiger partial charge >= 0.3 is 5.97 Å². The number of nitrogens with zero attached hydrogens (tertiary/aromatic N) is 3. The van der Waals surface area contributed by atoms with Crippen LogP contribution in [0.25, 0.3) is 5.69 Å². The molecular formula is C28H26N4O3S. The molecule has 2 aromatic carbocycles. The van der Waals surface area contributed by atoms with E-state index in [1.165, 1.54) is 0 Å². The number of aromatic carboxylic acids is 1. The molecule has 0 aliphatic carbocycles. The highest BCUT2D eigenvalue weighted by molar-refractivity contribution is 7.80. The largest absolute Gasteiger partial charge is 0.497 e. The van der Waals surface area contributed by atoms with Crippen molar-refractivity contribution in [2.45, 2.75) is 25.9 Å². The van der Waals surface area contributed by atoms with Crippen molar-refractivity contribution >= 4 is 29.0 Å². The lowest BCUT2D eigenvalue weighted by Gasteiger charge is -2.28. The number of nitrogens with one attached hydrogen (secondary N) is 1. The van der Waals surface area contributed by atoms with Crippen molar-refractivity contribution in [1.82, 2.24) is 14.9 Å². The van der Waals surface area contributed by atoms with E-state index in [-0.39, 0.29) is 17.6 Å². The SMILES string of the molecule is COc1cccc(N2C(=S)N[C@H](c3ccccn3)[C@H]2c2cc(C)n(-c3ccc(C(=O)O)cc3)c2C)c1. The topological polar surface area (TPSA) is 79.6 Å². The molecule has 2 aromatic heterocycles. The van der Waals surface area contributed by atoms with Gasteiger partial charge in [-0.15, -0.1) is 0 Å². The average molecular weight is 499 g/mol. The number of carbonyl (C=O) groups is 1. The lowest BCUT2D eigenvalue weighted by Crippen LogP contribution is -2.29. The minimum absolute atomic E-state index is 0.169. The minimum Gasteiger partial charge on any atom is -0.497 e. The van der Waals surface area contributed by atoms with Crippen molar-refractivity contribution in [3.63, 3.8) is 0 Å². The van der Waals surface area contributed by atoms with Crippen LogP contribution in [-0.4, -0.2) is 32.8 Å². The molecule has 3 heterocycles. The lowest BCUT2D eigenvalue weighted by atomic mass is 9.96. The Balaban J connectivity index is 1.65. The summed E-state index contributed by atoms with van der Waals surface area (Å²) in [7, 11) is 1.65. The van der Waals surface area contributed by atoms with Gasteiger partial charge in [0.1, 0.15) is 5.75 Å². The van der Waals surface area contributed by atoms with Gasteiger partial charge in [0.15, 0.2) is 5.11 Å². The third-order valence-electron chi connectivity index (χ3n) is 6.59. The molecule has 0 saturated carbocycles. The van der Waals surface area contributed by atoms with Crippen LogP contribution in [0.1, 0.15) is 45.1 Å². The number of pyridine rings is 1. The van der Waals surface area contributed by atoms with E-state index in [0.29, 0.717) is 5.11 Å². The molecule has 8 heteroatoms. The molecule has 0 radical (unpaired) electrons. The van der Waals surface area contributed by atoms with Crippen molar-refractivity contribution in [1.29, 1.82) is 0 Å². The zero-order valence-corrected chi connectivity index (χ0v) is 21.0. The summed E-state index contributed by atoms with van der Waals surface area (Å²) in [6.45, 7) is 4.13. The Morgan fingerprint density at radius 2 is 1.81 bits per heavy atom. The second-order valence-corrected chi connectivity index (χ2v) is 9.10. The third-order valence-corrected chi connectivity index (χ3v) is 6.91. The number of benzene rings is 2. The highest BCUT2D eigenvalue weighted by atomic mass is 32.1. The van der Waals surface area contributed by atoms with Crippen LogP contribution in [0.15, 0.2) is 79.0 Å². The van der Waals surface area contributed by atoms with E-state index in [1.807, 2.05) is 61.5 Å². The number of thiocarbonyl (C=S) groups is 1. The van der Waals surface area contributed by atoms with Gasteiger partial charge in [-0.1, -0.05) is 12.1 Å². The first-order chi connectivity index (χ1) is 17.4. The number of methoxy groups -OCH3 is 1. The van der Waals surface area contributed by atoms with Crippen molar-refractivity contribution in [3.8, 4) is 11.4 Å². The van der Waals surface area contributed by atoms with Crippen LogP contribution >= 0.6 is 12.2 Å². The molecule has 36 heavy (non-hydrogen) atoms. The molecule has 0 amide bonds. The smallest absolute Gasteiger partial charge is 0.335 e. The Morgan fingerprint density at radius 1 is 1.03 bits per heavy atom. The average Bonchev–Trinajstić information content (AvgIpc) is 3.39. The fourth-order valence-electron chi connectivity index (χ4n) is 4.95. The maximum absolute atomic E-state index is 11.3. The number of hydrogen-bond donors (Lipinski definition) is 2. The van der Waals surface area contributed by atoms with Crippen LogP contribution in [0.4, 0.5) is 5.69 Å². The van der Waals surface area contributed by atoms with Crippen molar-refractivity contribution < 1.29 is 14.6 Å². The first-order valence-electron chi connectivity index (χ1n) is 11.6. The first kappa shape index (κ1) is 23.6. The van der Waals surface area contributed by atoms with Crippen LogP contribution in [0, 0.1) is 13.8 Å². The van der Waals surface area contributed by atoms with E-state index in [1.54, 1.807) is 25.4 Å². The predicted molar refractivity (Wildman–Crippen MR) is 143 cm³/mol. The predicted octanol–water partition coefficient (Wildman–Crippen LogP) is 5.37. The molecule has 0 spiro atoms. The van der Waals surface area contributed by atoms with Crippen molar-refractivity contribution in [3.05, 3.63) is 107 Å². The van der Waals surface area contributed by atoms with E-state index in [9.17, 15) is 9.90 Å². The number of anilines is 1. The number of carboxylic acid groups (broad SMARTS) is 1. The summed E-state index contributed by atoms with van der Waals surface area (Å²) in [6, 6.07) is 22.5. The molecule has 0 bridgehead atoms. The molecule has 5 rings (SSSR count). The quantitative estimate of drug-likeness (QED) is 0.346. The zero-order chi connectivity index (χ0) is 25.4. The van der Waals surface area contributed by atoms with E-state index in [4.69, 9.17) is 17.0 Å². The Labute approximate surface area is 215 Å². The van der Waals surface area contributed by atoms with Crippen molar-refractivity contribution in [2.24, 2.45) is 0 Å². The summed E-state index contributed by atoms with van der Waals surface area (Å²) < 4.78 is 7.63. The van der Waals surface area contributed by atoms with E-state index in [2.05, 4.69) is 32.8 Å². The minimum atomic E-state index is -0.944. The first-order valence-corrected chi connectivity index (χ1v) is 12.0. The summed E-state index contributed by atoms with van der Waals surface area (Å²) in [4.78, 5) is 18.1. The van der Waals surface area contributed by atoms with Gasteiger partial charge in [0.25, 0.3) is 0 Å². The van der Waals surface area contributed by atoms with Crippen molar-refractivity contribution in [2.75, 3.05) is 12.0 Å². The van der Waals surface area contributed by atoms with Gasteiger partial charge in [-0.3, -0.25) is 4.98 Å². The molecule has 0 unspecified atom stereocenters.